The molecule has 2 atom stereocenters. The molecule has 0 amide bonds. The number of hydrogen-bond donors (Lipinski definition) is 1. The fourth-order valence-corrected chi connectivity index (χ4v) is 1.00. The standard InChI is InChI=1S/C6H13FN2/c1-5-8-4-3-6(7)9(5)2/h5-6,8H,3-4H2,1-2H3. The van der Waals surface area contributed by atoms with Crippen LogP contribution in [0.3, 0.4) is 0 Å². The molecule has 1 saturated heterocycles. The first kappa shape index (κ1) is 6.96. The highest BCUT2D eigenvalue weighted by Gasteiger charge is 2.22. The summed E-state index contributed by atoms with van der Waals surface area (Å²) in [6, 6.07) is 0. The molecule has 2 nitrogen and oxygen atoms in total. The van der Waals surface area contributed by atoms with E-state index in [2.05, 4.69) is 5.32 Å². The SMILES string of the molecule is CC1NCCC(F)N1C. The number of nitrogens with zero attached hydrogens (tertiary/aromatic N) is 1. The van der Waals surface area contributed by atoms with E-state index in [1.807, 2.05) is 6.92 Å². The van der Waals surface area contributed by atoms with Gasteiger partial charge in [0.2, 0.25) is 0 Å². The molecule has 1 heterocycles. The van der Waals surface area contributed by atoms with E-state index in [-0.39, 0.29) is 6.17 Å². The van der Waals surface area contributed by atoms with Crippen molar-refractivity contribution in [3.63, 3.8) is 0 Å². The minimum Gasteiger partial charge on any atom is -0.302 e. The summed E-state index contributed by atoms with van der Waals surface area (Å²) in [5, 5.41) is 3.15. The van der Waals surface area contributed by atoms with Crippen molar-refractivity contribution in [3.8, 4) is 0 Å². The van der Waals surface area contributed by atoms with E-state index in [0.717, 1.165) is 6.54 Å². The maximum Gasteiger partial charge on any atom is 0.155 e. The predicted molar refractivity (Wildman–Crippen MR) is 34.7 cm³/mol. The molecule has 1 N–H and O–H groups in total. The zero-order valence-corrected chi connectivity index (χ0v) is 5.89. The molecule has 0 saturated carbocycles. The molecule has 0 radical (unpaired) electrons. The lowest BCUT2D eigenvalue weighted by atomic mass is 10.2. The third-order valence-corrected chi connectivity index (χ3v) is 1.88. The van der Waals surface area contributed by atoms with Crippen molar-refractivity contribution in [3.05, 3.63) is 0 Å². The van der Waals surface area contributed by atoms with Crippen molar-refractivity contribution in [2.75, 3.05) is 13.6 Å². The summed E-state index contributed by atoms with van der Waals surface area (Å²) in [6.45, 7) is 2.76. The second-order valence-corrected chi connectivity index (χ2v) is 2.52. The molecule has 0 aromatic rings. The van der Waals surface area contributed by atoms with Crippen LogP contribution in [0.15, 0.2) is 0 Å². The monoisotopic (exact) mass is 132 g/mol. The van der Waals surface area contributed by atoms with Crippen molar-refractivity contribution in [2.45, 2.75) is 25.8 Å². The Morgan fingerprint density at radius 1 is 1.67 bits per heavy atom. The summed E-state index contributed by atoms with van der Waals surface area (Å²) in [5.41, 5.74) is 0. The smallest absolute Gasteiger partial charge is 0.155 e. The average molecular weight is 132 g/mol. The lowest BCUT2D eigenvalue weighted by Gasteiger charge is -2.33. The Bertz CT molecular complexity index is 87.1. The normalized spacial score (nSPS) is 39.0. The van der Waals surface area contributed by atoms with Gasteiger partial charge in [0.25, 0.3) is 0 Å². The number of alkyl halides is 1. The van der Waals surface area contributed by atoms with E-state index in [1.54, 1.807) is 11.9 Å². The van der Waals surface area contributed by atoms with Gasteiger partial charge in [0.05, 0.1) is 6.17 Å². The summed E-state index contributed by atoms with van der Waals surface area (Å²) < 4.78 is 12.7. The van der Waals surface area contributed by atoms with E-state index in [0.29, 0.717) is 6.42 Å². The summed E-state index contributed by atoms with van der Waals surface area (Å²) >= 11 is 0. The van der Waals surface area contributed by atoms with Crippen LogP contribution in [-0.2, 0) is 0 Å². The molecule has 0 spiro atoms. The van der Waals surface area contributed by atoms with Crippen molar-refractivity contribution in [1.29, 1.82) is 0 Å². The van der Waals surface area contributed by atoms with Gasteiger partial charge in [-0.2, -0.15) is 0 Å². The van der Waals surface area contributed by atoms with Gasteiger partial charge in [0, 0.05) is 13.0 Å². The fraction of sp³-hybridized carbons (Fsp3) is 1.00. The number of rotatable bonds is 0. The van der Waals surface area contributed by atoms with Gasteiger partial charge in [0.1, 0.15) is 0 Å². The Morgan fingerprint density at radius 3 is 2.78 bits per heavy atom. The van der Waals surface area contributed by atoms with Crippen LogP contribution < -0.4 is 5.32 Å². The van der Waals surface area contributed by atoms with Gasteiger partial charge in [-0.05, 0) is 14.0 Å². The molecule has 2 unspecified atom stereocenters. The van der Waals surface area contributed by atoms with Crippen molar-refractivity contribution < 1.29 is 4.39 Å². The van der Waals surface area contributed by atoms with Crippen LogP contribution in [0.2, 0.25) is 0 Å². The van der Waals surface area contributed by atoms with Gasteiger partial charge in [0.15, 0.2) is 6.30 Å². The lowest BCUT2D eigenvalue weighted by molar-refractivity contribution is 0.0246. The van der Waals surface area contributed by atoms with Gasteiger partial charge < -0.3 is 5.32 Å². The van der Waals surface area contributed by atoms with Crippen LogP contribution >= 0.6 is 0 Å². The zero-order chi connectivity index (χ0) is 6.85. The highest BCUT2D eigenvalue weighted by atomic mass is 19.1. The molecule has 0 aliphatic carbocycles. The molecule has 9 heavy (non-hydrogen) atoms. The molecule has 0 bridgehead atoms. The summed E-state index contributed by atoms with van der Waals surface area (Å²) in [4.78, 5) is 1.70. The van der Waals surface area contributed by atoms with Crippen LogP contribution in [0.1, 0.15) is 13.3 Å². The summed E-state index contributed by atoms with van der Waals surface area (Å²) in [6.07, 6.45) is 0.0518. The molecular weight excluding hydrogens is 119 g/mol. The molecule has 3 heteroatoms. The summed E-state index contributed by atoms with van der Waals surface area (Å²) in [5.74, 6) is 0. The van der Waals surface area contributed by atoms with Gasteiger partial charge in [-0.25, -0.2) is 4.39 Å². The number of nitrogens with one attached hydrogen (secondary N) is 1. The molecule has 1 aliphatic heterocycles. The second kappa shape index (κ2) is 2.62. The van der Waals surface area contributed by atoms with Crippen molar-refractivity contribution >= 4 is 0 Å². The summed E-state index contributed by atoms with van der Waals surface area (Å²) in [7, 11) is 1.79. The van der Waals surface area contributed by atoms with E-state index in [9.17, 15) is 4.39 Å². The Labute approximate surface area is 55.0 Å². The topological polar surface area (TPSA) is 15.3 Å². The molecule has 0 aromatic carbocycles. The van der Waals surface area contributed by atoms with E-state index < -0.39 is 6.30 Å². The van der Waals surface area contributed by atoms with Crippen LogP contribution in [0, 0.1) is 0 Å². The Hall–Kier alpha value is -0.150. The predicted octanol–water partition coefficient (Wildman–Crippen LogP) is 0.553. The maximum atomic E-state index is 12.7. The molecule has 1 aliphatic rings. The molecular formula is C6H13FN2. The second-order valence-electron chi connectivity index (χ2n) is 2.52. The zero-order valence-electron chi connectivity index (χ0n) is 5.89. The van der Waals surface area contributed by atoms with Crippen LogP contribution in [0.5, 0.6) is 0 Å². The van der Waals surface area contributed by atoms with E-state index in [1.165, 1.54) is 0 Å². The van der Waals surface area contributed by atoms with Crippen molar-refractivity contribution in [1.82, 2.24) is 10.2 Å². The lowest BCUT2D eigenvalue weighted by Crippen LogP contribution is -2.51. The number of halogens is 1. The van der Waals surface area contributed by atoms with E-state index >= 15 is 0 Å². The van der Waals surface area contributed by atoms with Gasteiger partial charge in [-0.1, -0.05) is 0 Å². The van der Waals surface area contributed by atoms with Crippen molar-refractivity contribution in [2.24, 2.45) is 0 Å². The first-order chi connectivity index (χ1) is 4.22. The third-order valence-electron chi connectivity index (χ3n) is 1.88. The maximum absolute atomic E-state index is 12.7. The minimum atomic E-state index is -0.749. The van der Waals surface area contributed by atoms with Gasteiger partial charge in [-0.3, -0.25) is 4.90 Å². The Balaban J connectivity index is 2.41. The molecule has 1 rings (SSSR count). The molecule has 1 fully saturated rings. The average Bonchev–Trinajstić information content (AvgIpc) is 1.83. The minimum absolute atomic E-state index is 0.189. The first-order valence-electron chi connectivity index (χ1n) is 3.31. The number of hydrogen-bond acceptors (Lipinski definition) is 2. The fourth-order valence-electron chi connectivity index (χ4n) is 1.00. The Kier molecular flexibility index (Phi) is 2.03. The first-order valence-corrected chi connectivity index (χ1v) is 3.31. The van der Waals surface area contributed by atoms with Crippen LogP contribution in [0.25, 0.3) is 0 Å². The molecule has 0 aromatic heterocycles. The molecule has 54 valence electrons. The largest absolute Gasteiger partial charge is 0.302 e. The third kappa shape index (κ3) is 1.40. The highest BCUT2D eigenvalue weighted by molar-refractivity contribution is 4.71. The van der Waals surface area contributed by atoms with E-state index in [4.69, 9.17) is 0 Å². The van der Waals surface area contributed by atoms with Gasteiger partial charge in [-0.15, -0.1) is 0 Å². The highest BCUT2D eigenvalue weighted by Crippen LogP contribution is 2.09. The quantitative estimate of drug-likeness (QED) is 0.484. The Morgan fingerprint density at radius 2 is 2.33 bits per heavy atom. The van der Waals surface area contributed by atoms with Crippen LogP contribution in [-0.4, -0.2) is 31.0 Å². The van der Waals surface area contributed by atoms with Gasteiger partial charge >= 0.3 is 0 Å². The van der Waals surface area contributed by atoms with Crippen LogP contribution in [0.4, 0.5) is 4.39 Å².